The van der Waals surface area contributed by atoms with Crippen molar-refractivity contribution in [3.05, 3.63) is 222 Å². The van der Waals surface area contributed by atoms with Crippen molar-refractivity contribution in [2.75, 3.05) is 9.80 Å². The molecule has 1 aliphatic rings. The molecule has 9 aromatic rings. The van der Waals surface area contributed by atoms with Gasteiger partial charge in [-0.15, -0.1) is 48.1 Å². The Labute approximate surface area is 417 Å². The van der Waals surface area contributed by atoms with Crippen LogP contribution in [0.4, 0.5) is 22.7 Å². The Kier molecular flexibility index (Phi) is 12.1. The average molecular weight is 1070 g/mol. The number of hydrogen-bond acceptors (Lipinski definition) is 4. The van der Waals surface area contributed by atoms with E-state index >= 15 is 0 Å². The number of para-hydroxylation sites is 2. The van der Waals surface area contributed by atoms with Crippen molar-refractivity contribution in [3.63, 3.8) is 0 Å². The van der Waals surface area contributed by atoms with Crippen LogP contribution in [-0.4, -0.2) is 9.55 Å². The van der Waals surface area contributed by atoms with Gasteiger partial charge in [-0.05, 0) is 104 Å². The predicted octanol–water partition coefficient (Wildman–Crippen LogP) is 16.2. The fourth-order valence-electron chi connectivity index (χ4n) is 9.46. The number of ether oxygens (including phenoxy) is 1. The van der Waals surface area contributed by atoms with E-state index in [2.05, 4.69) is 248 Å². The molecule has 1 aliphatic heterocycles. The molecule has 5 nitrogen and oxygen atoms in total. The molecule has 6 heteroatoms. The maximum atomic E-state index is 6.75. The van der Waals surface area contributed by atoms with E-state index in [1.54, 1.807) is 0 Å². The van der Waals surface area contributed by atoms with E-state index < -0.39 is 5.41 Å². The molecule has 3 heterocycles. The summed E-state index contributed by atoms with van der Waals surface area (Å²) in [6.07, 6.45) is 1.92. The topological polar surface area (TPSA) is 33.5 Å². The van der Waals surface area contributed by atoms with E-state index in [9.17, 15) is 0 Å². The third-order valence-corrected chi connectivity index (χ3v) is 13.6. The Morgan fingerprint density at radius 3 is 1.68 bits per heavy atom. The van der Waals surface area contributed by atoms with Crippen molar-refractivity contribution in [3.8, 4) is 17.3 Å². The van der Waals surface area contributed by atoms with Crippen LogP contribution in [0.15, 0.2) is 170 Å². The van der Waals surface area contributed by atoms with Gasteiger partial charge < -0.3 is 19.1 Å². The van der Waals surface area contributed by atoms with Crippen molar-refractivity contribution in [2.45, 2.75) is 90.9 Å². The van der Waals surface area contributed by atoms with Crippen LogP contribution in [-0.2, 0) is 42.7 Å². The van der Waals surface area contributed by atoms with Crippen LogP contribution in [0.2, 0.25) is 0 Å². The van der Waals surface area contributed by atoms with Crippen LogP contribution >= 0.6 is 0 Å². The molecule has 0 atom stereocenters. The standard InChI is InChI=1S/C62H59N4O.Pt/c1-59(2,3)44-32-33-63-58(38-44)66-54-31-28-45(62(10,42-20-13-11-14-21-42)43-22-15-12-16-23-43)37-53(54)52-30-29-51(40-57(52)66)67-50-25-19-24-48(39-50)64-41-65(56-27-18-17-26-55(56)64)49-35-46(60(4,5)6)34-47(36-49)61(7,8)9;/h11-38,41H,1-10H3;/q-3;. The summed E-state index contributed by atoms with van der Waals surface area (Å²) in [5.41, 5.74) is 13.2. The van der Waals surface area contributed by atoms with Crippen molar-refractivity contribution in [1.82, 2.24) is 9.55 Å². The first-order chi connectivity index (χ1) is 32.0. The summed E-state index contributed by atoms with van der Waals surface area (Å²) >= 11 is 0. The molecule has 0 unspecified atom stereocenters. The molecule has 0 bridgehead atoms. The monoisotopic (exact) mass is 1070 g/mol. The first-order valence-electron chi connectivity index (χ1n) is 23.4. The van der Waals surface area contributed by atoms with Crippen molar-refractivity contribution >= 4 is 44.6 Å². The van der Waals surface area contributed by atoms with Gasteiger partial charge in [0, 0.05) is 66.8 Å². The van der Waals surface area contributed by atoms with Crippen LogP contribution < -0.4 is 14.5 Å². The van der Waals surface area contributed by atoms with Gasteiger partial charge in [0.2, 0.25) is 0 Å². The zero-order valence-electron chi connectivity index (χ0n) is 40.8. The van der Waals surface area contributed by atoms with Crippen molar-refractivity contribution in [2.24, 2.45) is 0 Å². The van der Waals surface area contributed by atoms with Crippen LogP contribution in [0.1, 0.15) is 103 Å². The van der Waals surface area contributed by atoms with Crippen molar-refractivity contribution < 1.29 is 25.8 Å². The number of hydrogen-bond donors (Lipinski definition) is 0. The van der Waals surface area contributed by atoms with Crippen LogP contribution in [0.5, 0.6) is 11.5 Å². The zero-order chi connectivity index (χ0) is 46.9. The molecule has 0 aliphatic carbocycles. The number of aromatic nitrogens is 2. The smallest absolute Gasteiger partial charge is 0.135 e. The van der Waals surface area contributed by atoms with Gasteiger partial charge in [0.05, 0.1) is 0 Å². The minimum atomic E-state index is -0.403. The maximum absolute atomic E-state index is 6.75. The molecular formula is C62H59N4OPt-3. The number of benzene rings is 7. The molecule has 0 spiro atoms. The molecule has 0 radical (unpaired) electrons. The van der Waals surface area contributed by atoms with Gasteiger partial charge >= 0.3 is 0 Å². The average Bonchev–Trinajstić information content (AvgIpc) is 3.87. The van der Waals surface area contributed by atoms with Gasteiger partial charge in [-0.25, -0.2) is 4.98 Å². The maximum Gasteiger partial charge on any atom is 0.135 e. The Bertz CT molecular complexity index is 3210. The zero-order valence-corrected chi connectivity index (χ0v) is 43.0. The molecule has 0 saturated carbocycles. The summed E-state index contributed by atoms with van der Waals surface area (Å²) in [6, 6.07) is 66.1. The molecular weight excluding hydrogens is 1010 g/mol. The van der Waals surface area contributed by atoms with Gasteiger partial charge in [-0.1, -0.05) is 159 Å². The summed E-state index contributed by atoms with van der Waals surface area (Å²) in [5.74, 6) is 2.03. The Morgan fingerprint density at radius 1 is 0.471 bits per heavy atom. The molecule has 68 heavy (non-hydrogen) atoms. The number of rotatable bonds is 8. The molecule has 0 fully saturated rings. The molecule has 0 saturated heterocycles. The number of fused-ring (bicyclic) bond motifs is 4. The summed E-state index contributed by atoms with van der Waals surface area (Å²) in [7, 11) is 0. The molecule has 10 rings (SSSR count). The largest absolute Gasteiger partial charge is 0.509 e. The summed E-state index contributed by atoms with van der Waals surface area (Å²) < 4.78 is 8.99. The number of anilines is 4. The quantitative estimate of drug-likeness (QED) is 0.112. The molecule has 346 valence electrons. The van der Waals surface area contributed by atoms with Crippen LogP contribution in [0.25, 0.3) is 27.6 Å². The Hall–Kier alpha value is -6.42. The summed E-state index contributed by atoms with van der Waals surface area (Å²) in [6.45, 7) is 24.9. The first-order valence-corrected chi connectivity index (χ1v) is 23.4. The summed E-state index contributed by atoms with van der Waals surface area (Å²) in [5, 5.41) is 2.20. The van der Waals surface area contributed by atoms with E-state index in [4.69, 9.17) is 9.72 Å². The number of nitrogens with zero attached hydrogens (tertiary/aromatic N) is 4. The van der Waals surface area contributed by atoms with E-state index in [0.29, 0.717) is 11.5 Å². The fourth-order valence-corrected chi connectivity index (χ4v) is 9.46. The van der Waals surface area contributed by atoms with E-state index in [-0.39, 0.29) is 37.3 Å². The van der Waals surface area contributed by atoms with Crippen LogP contribution in [0.3, 0.4) is 0 Å². The third-order valence-electron chi connectivity index (χ3n) is 13.6. The summed E-state index contributed by atoms with van der Waals surface area (Å²) in [4.78, 5) is 9.50. The second-order valence-corrected chi connectivity index (χ2v) is 21.3. The minimum Gasteiger partial charge on any atom is -0.509 e. The van der Waals surface area contributed by atoms with E-state index in [0.717, 1.165) is 50.4 Å². The first kappa shape index (κ1) is 46.7. The second-order valence-electron chi connectivity index (χ2n) is 21.3. The Balaban J connectivity index is 0.00000578. The van der Waals surface area contributed by atoms with Crippen LogP contribution in [0, 0.1) is 18.8 Å². The fraction of sp³-hybridized carbons (Fsp3) is 0.226. The molecule has 0 amide bonds. The van der Waals surface area contributed by atoms with Gasteiger partial charge in [-0.2, -0.15) is 12.1 Å². The van der Waals surface area contributed by atoms with Crippen molar-refractivity contribution in [1.29, 1.82) is 0 Å². The minimum absolute atomic E-state index is 0. The third kappa shape index (κ3) is 8.56. The van der Waals surface area contributed by atoms with E-state index in [1.165, 1.54) is 33.4 Å². The van der Waals surface area contributed by atoms with Gasteiger partial charge in [0.15, 0.2) is 0 Å². The number of pyridine rings is 1. The van der Waals surface area contributed by atoms with Gasteiger partial charge in [0.25, 0.3) is 0 Å². The molecule has 7 aromatic carbocycles. The van der Waals surface area contributed by atoms with Gasteiger partial charge in [0.1, 0.15) is 5.82 Å². The SMILES string of the molecule is CC(C)(C)c1cc(N2[CH-]N(c3[c-]c(Oc4[c-]c5c(cc4)c4cc(C(C)(c6ccccc6)c6ccccc6)ccc4n5-c4cc(C(C)(C)C)ccn4)ccc3)c3ccccc32)cc(C(C)(C)C)c1.[Pt]. The normalized spacial score (nSPS) is 13.2. The Morgan fingerprint density at radius 2 is 1.06 bits per heavy atom. The molecule has 2 aromatic heterocycles. The second kappa shape index (κ2) is 17.6. The predicted molar refractivity (Wildman–Crippen MR) is 279 cm³/mol. The molecule has 0 N–H and O–H groups in total. The van der Waals surface area contributed by atoms with E-state index in [1.807, 2.05) is 24.4 Å². The van der Waals surface area contributed by atoms with Gasteiger partial charge in [-0.3, -0.25) is 0 Å².